The summed E-state index contributed by atoms with van der Waals surface area (Å²) >= 11 is 0. The van der Waals surface area contributed by atoms with Crippen molar-refractivity contribution in [3.05, 3.63) is 27.6 Å². The lowest BCUT2D eigenvalue weighted by Gasteiger charge is -2.15. The van der Waals surface area contributed by atoms with Gasteiger partial charge in [-0.15, -0.1) is 10.2 Å². The molecule has 0 atom stereocenters. The molecule has 0 aliphatic carbocycles. The lowest BCUT2D eigenvalue weighted by atomic mass is 9.96. The summed E-state index contributed by atoms with van der Waals surface area (Å²) in [4.78, 5) is 20.6. The van der Waals surface area contributed by atoms with Crippen LogP contribution in [0.15, 0.2) is 9.42 Å². The molecule has 1 N–H and O–H groups in total. The number of aromatic nitrogens is 7. The number of hydrogen-bond donors (Lipinski definition) is 1. The van der Waals surface area contributed by atoms with Crippen LogP contribution < -0.4 is 5.56 Å². The van der Waals surface area contributed by atoms with Crippen molar-refractivity contribution in [2.24, 2.45) is 0 Å². The molecular weight excluding hydrogens is 274 g/mol. The summed E-state index contributed by atoms with van der Waals surface area (Å²) in [6, 6.07) is 0. The van der Waals surface area contributed by atoms with Crippen molar-refractivity contribution in [1.29, 1.82) is 0 Å². The Morgan fingerprint density at radius 2 is 2.00 bits per heavy atom. The molecule has 0 bridgehead atoms. The van der Waals surface area contributed by atoms with Crippen molar-refractivity contribution < 1.29 is 4.63 Å². The van der Waals surface area contributed by atoms with E-state index in [1.165, 1.54) is 4.80 Å². The minimum absolute atomic E-state index is 0.206. The van der Waals surface area contributed by atoms with Gasteiger partial charge < -0.3 is 4.98 Å². The number of H-pyrrole nitrogens is 1. The van der Waals surface area contributed by atoms with Gasteiger partial charge in [0, 0.05) is 5.41 Å². The van der Waals surface area contributed by atoms with Gasteiger partial charge in [-0.05, 0) is 6.92 Å². The van der Waals surface area contributed by atoms with E-state index in [2.05, 4.69) is 35.1 Å². The van der Waals surface area contributed by atoms with Gasteiger partial charge in [-0.25, -0.2) is 9.61 Å². The number of aryl methyl sites for hydroxylation is 1. The number of nitrogens with zero attached hydrogens (tertiary/aromatic N) is 6. The molecule has 0 spiro atoms. The highest BCUT2D eigenvalue weighted by Gasteiger charge is 2.20. The molecule has 3 rings (SSSR count). The summed E-state index contributed by atoms with van der Waals surface area (Å²) in [5.74, 6) is 0.575. The summed E-state index contributed by atoms with van der Waals surface area (Å²) in [7, 11) is 0. The maximum atomic E-state index is 12.1. The van der Waals surface area contributed by atoms with Gasteiger partial charge in [0.1, 0.15) is 23.8 Å². The summed E-state index contributed by atoms with van der Waals surface area (Å²) < 4.78 is 4.63. The fourth-order valence-corrected chi connectivity index (χ4v) is 1.81. The number of nitrogens with one attached hydrogen (secondary N) is 1. The zero-order valence-electron chi connectivity index (χ0n) is 12.2. The lowest BCUT2D eigenvalue weighted by Crippen LogP contribution is -2.22. The molecule has 9 nitrogen and oxygen atoms in total. The average Bonchev–Trinajstić information content (AvgIpc) is 2.96. The number of fused-ring (bicyclic) bond motifs is 1. The van der Waals surface area contributed by atoms with Gasteiger partial charge >= 0.3 is 0 Å². The van der Waals surface area contributed by atoms with Crippen LogP contribution in [0, 0.1) is 6.92 Å². The highest BCUT2D eigenvalue weighted by atomic mass is 16.6. The Hall–Kier alpha value is -2.58. The molecule has 3 aromatic heterocycles. The van der Waals surface area contributed by atoms with Crippen LogP contribution in [0.5, 0.6) is 0 Å². The van der Waals surface area contributed by atoms with E-state index in [1.54, 1.807) is 6.92 Å². The van der Waals surface area contributed by atoms with Gasteiger partial charge in [0.25, 0.3) is 5.56 Å². The molecule has 3 heterocycles. The first-order chi connectivity index (χ1) is 9.84. The molecule has 0 aromatic carbocycles. The molecule has 21 heavy (non-hydrogen) atoms. The molecule has 0 fully saturated rings. The van der Waals surface area contributed by atoms with Gasteiger partial charge in [0.2, 0.25) is 5.65 Å². The third-order valence-corrected chi connectivity index (χ3v) is 3.05. The van der Waals surface area contributed by atoms with E-state index in [4.69, 9.17) is 0 Å². The van der Waals surface area contributed by atoms with E-state index >= 15 is 0 Å². The molecule has 0 amide bonds. The Labute approximate surface area is 119 Å². The molecule has 9 heteroatoms. The fourth-order valence-electron chi connectivity index (χ4n) is 1.81. The van der Waals surface area contributed by atoms with Crippen molar-refractivity contribution in [3.8, 4) is 0 Å². The largest absolute Gasteiger partial charge is 0.308 e. The second kappa shape index (κ2) is 4.47. The summed E-state index contributed by atoms with van der Waals surface area (Å²) in [6.07, 6.45) is 0. The van der Waals surface area contributed by atoms with E-state index in [9.17, 15) is 4.79 Å². The minimum atomic E-state index is -0.300. The molecule has 110 valence electrons. The van der Waals surface area contributed by atoms with E-state index in [0.717, 1.165) is 0 Å². The highest BCUT2D eigenvalue weighted by Crippen LogP contribution is 2.17. The third kappa shape index (κ3) is 2.41. The molecule has 0 aliphatic heterocycles. The summed E-state index contributed by atoms with van der Waals surface area (Å²) in [5.41, 5.74) is 1.22. The summed E-state index contributed by atoms with van der Waals surface area (Å²) in [5, 5.41) is 15.8. The Morgan fingerprint density at radius 3 is 2.62 bits per heavy atom. The van der Waals surface area contributed by atoms with E-state index in [0.29, 0.717) is 22.9 Å². The van der Waals surface area contributed by atoms with Crippen LogP contribution >= 0.6 is 0 Å². The van der Waals surface area contributed by atoms with Gasteiger partial charge in [-0.3, -0.25) is 4.79 Å². The van der Waals surface area contributed by atoms with Crippen LogP contribution in [-0.4, -0.2) is 35.3 Å². The average molecular weight is 289 g/mol. The van der Waals surface area contributed by atoms with Crippen molar-refractivity contribution >= 4 is 11.2 Å². The molecule has 3 aromatic rings. The molecule has 0 saturated carbocycles. The Morgan fingerprint density at radius 1 is 1.24 bits per heavy atom. The van der Waals surface area contributed by atoms with Gasteiger partial charge in [-0.2, -0.15) is 4.80 Å². The smallest absolute Gasteiger partial charge is 0.281 e. The lowest BCUT2D eigenvalue weighted by molar-refractivity contribution is 0.299. The van der Waals surface area contributed by atoms with Gasteiger partial charge in [0.05, 0.1) is 0 Å². The standard InChI is InChI=1S/C12H15N7O2/c1-6-7(18-21-17-6)5-19-15-8-9(16-19)13-11(12(2,3)4)14-10(8)20/h5H2,1-4H3,(H,13,14,16,20). The number of aromatic amines is 1. The van der Waals surface area contributed by atoms with Crippen molar-refractivity contribution in [1.82, 2.24) is 35.3 Å². The van der Waals surface area contributed by atoms with Crippen LogP contribution in [-0.2, 0) is 12.0 Å². The van der Waals surface area contributed by atoms with Crippen LogP contribution in [0.1, 0.15) is 38.0 Å². The monoisotopic (exact) mass is 289 g/mol. The van der Waals surface area contributed by atoms with Crippen molar-refractivity contribution in [2.75, 3.05) is 0 Å². The van der Waals surface area contributed by atoms with Gasteiger partial charge in [-0.1, -0.05) is 31.1 Å². The Kier molecular flexibility index (Phi) is 2.85. The minimum Gasteiger partial charge on any atom is -0.308 e. The SMILES string of the molecule is Cc1nonc1Cn1nc2nc(C(C)(C)C)[nH]c(=O)c2n1. The predicted molar refractivity (Wildman–Crippen MR) is 72.8 cm³/mol. The third-order valence-electron chi connectivity index (χ3n) is 3.05. The zero-order valence-corrected chi connectivity index (χ0v) is 12.2. The van der Waals surface area contributed by atoms with Crippen molar-refractivity contribution in [2.45, 2.75) is 39.7 Å². The second-order valence-electron chi connectivity index (χ2n) is 5.86. The first-order valence-electron chi connectivity index (χ1n) is 6.48. The van der Waals surface area contributed by atoms with Crippen LogP contribution in [0.4, 0.5) is 0 Å². The van der Waals surface area contributed by atoms with Crippen molar-refractivity contribution in [3.63, 3.8) is 0 Å². The van der Waals surface area contributed by atoms with E-state index in [-0.39, 0.29) is 23.0 Å². The summed E-state index contributed by atoms with van der Waals surface area (Å²) in [6.45, 7) is 7.94. The molecular formula is C12H15N7O2. The first kappa shape index (κ1) is 13.4. The number of hydrogen-bond acceptors (Lipinski definition) is 7. The maximum Gasteiger partial charge on any atom is 0.281 e. The first-order valence-corrected chi connectivity index (χ1v) is 6.48. The maximum absolute atomic E-state index is 12.1. The molecule has 0 unspecified atom stereocenters. The Balaban J connectivity index is 2.06. The Bertz CT molecular complexity index is 852. The second-order valence-corrected chi connectivity index (χ2v) is 5.86. The molecule has 0 saturated heterocycles. The van der Waals surface area contributed by atoms with Crippen LogP contribution in [0.25, 0.3) is 11.2 Å². The topological polar surface area (TPSA) is 115 Å². The molecule has 0 radical (unpaired) electrons. The highest BCUT2D eigenvalue weighted by molar-refractivity contribution is 5.67. The van der Waals surface area contributed by atoms with E-state index in [1.807, 2.05) is 20.8 Å². The van der Waals surface area contributed by atoms with Crippen LogP contribution in [0.2, 0.25) is 0 Å². The quantitative estimate of drug-likeness (QED) is 0.732. The van der Waals surface area contributed by atoms with Crippen LogP contribution in [0.3, 0.4) is 0 Å². The van der Waals surface area contributed by atoms with E-state index < -0.39 is 0 Å². The number of rotatable bonds is 2. The van der Waals surface area contributed by atoms with Gasteiger partial charge in [0.15, 0.2) is 5.52 Å². The fraction of sp³-hybridized carbons (Fsp3) is 0.500. The zero-order chi connectivity index (χ0) is 15.2. The normalized spacial score (nSPS) is 12.2. The predicted octanol–water partition coefficient (Wildman–Crippen LogP) is 0.552. The molecule has 0 aliphatic rings.